The highest BCUT2D eigenvalue weighted by molar-refractivity contribution is 5.79. The summed E-state index contributed by atoms with van der Waals surface area (Å²) in [6, 6.07) is 17.5. The van der Waals surface area contributed by atoms with Gasteiger partial charge in [0.15, 0.2) is 0 Å². The van der Waals surface area contributed by atoms with Gasteiger partial charge in [0.25, 0.3) is 0 Å². The van der Waals surface area contributed by atoms with Crippen LogP contribution in [0.15, 0.2) is 67.3 Å². The Bertz CT molecular complexity index is 693. The molecular weight excluding hydrogens is 288 g/mol. The predicted octanol–water partition coefficient (Wildman–Crippen LogP) is 4.53. The largest absolute Gasteiger partial charge is 0.465 e. The summed E-state index contributed by atoms with van der Waals surface area (Å²) in [5, 5.41) is 0. The average molecular weight is 308 g/mol. The smallest absolute Gasteiger partial charge is 0.312 e. The van der Waals surface area contributed by atoms with Gasteiger partial charge in [-0.2, -0.15) is 0 Å². The molecule has 118 valence electrons. The summed E-state index contributed by atoms with van der Waals surface area (Å²) in [6.07, 6.45) is 3.82. The summed E-state index contributed by atoms with van der Waals surface area (Å²) >= 11 is 0. The van der Waals surface area contributed by atoms with Gasteiger partial charge in [-0.15, -0.1) is 6.58 Å². The number of hydrogen-bond acceptors (Lipinski definition) is 3. The number of para-hydroxylation sites is 1. The molecule has 0 aromatic heterocycles. The molecule has 2 aromatic rings. The normalized spacial score (nSPS) is 20.1. The van der Waals surface area contributed by atoms with Gasteiger partial charge in [0, 0.05) is 0 Å². The van der Waals surface area contributed by atoms with E-state index in [0.29, 0.717) is 19.4 Å². The Labute approximate surface area is 136 Å². The van der Waals surface area contributed by atoms with Crippen molar-refractivity contribution in [3.63, 3.8) is 0 Å². The number of esters is 1. The third kappa shape index (κ3) is 3.45. The maximum atomic E-state index is 12.2. The molecule has 3 rings (SSSR count). The molecule has 1 aliphatic heterocycles. The van der Waals surface area contributed by atoms with Gasteiger partial charge in [-0.1, -0.05) is 36.4 Å². The molecule has 2 aromatic carbocycles. The van der Waals surface area contributed by atoms with Crippen molar-refractivity contribution < 1.29 is 14.3 Å². The van der Waals surface area contributed by atoms with E-state index in [1.165, 1.54) is 0 Å². The minimum Gasteiger partial charge on any atom is -0.465 e. The van der Waals surface area contributed by atoms with Crippen LogP contribution in [0.4, 0.5) is 0 Å². The molecule has 0 radical (unpaired) electrons. The number of hydrogen-bond donors (Lipinski definition) is 0. The van der Waals surface area contributed by atoms with Crippen molar-refractivity contribution >= 4 is 5.97 Å². The number of rotatable bonds is 6. The molecule has 23 heavy (non-hydrogen) atoms. The minimum absolute atomic E-state index is 0.119. The Morgan fingerprint density at radius 2 is 1.91 bits per heavy atom. The monoisotopic (exact) mass is 308 g/mol. The number of benzene rings is 2. The van der Waals surface area contributed by atoms with E-state index in [4.69, 9.17) is 9.47 Å². The number of carbonyl (C=O) groups is 1. The van der Waals surface area contributed by atoms with Gasteiger partial charge in [-0.25, -0.2) is 0 Å². The van der Waals surface area contributed by atoms with Gasteiger partial charge >= 0.3 is 5.97 Å². The molecule has 0 bridgehead atoms. The Balaban J connectivity index is 1.79. The third-order valence-electron chi connectivity index (χ3n) is 4.20. The Hall–Kier alpha value is -2.55. The van der Waals surface area contributed by atoms with Gasteiger partial charge in [-0.05, 0) is 49.1 Å². The lowest BCUT2D eigenvalue weighted by molar-refractivity contribution is -0.146. The first-order valence-corrected chi connectivity index (χ1v) is 7.82. The zero-order valence-corrected chi connectivity index (χ0v) is 13.0. The summed E-state index contributed by atoms with van der Waals surface area (Å²) in [6.45, 7) is 4.28. The van der Waals surface area contributed by atoms with E-state index in [-0.39, 0.29) is 5.97 Å². The van der Waals surface area contributed by atoms with Crippen LogP contribution < -0.4 is 4.74 Å². The first-order valence-electron chi connectivity index (χ1n) is 7.82. The molecule has 0 saturated carbocycles. The lowest BCUT2D eigenvalue weighted by Gasteiger charge is -2.23. The molecule has 1 heterocycles. The fourth-order valence-electron chi connectivity index (χ4n) is 3.02. The van der Waals surface area contributed by atoms with Gasteiger partial charge in [0.05, 0.1) is 12.0 Å². The van der Waals surface area contributed by atoms with Crippen molar-refractivity contribution in [1.82, 2.24) is 0 Å². The second-order valence-electron chi connectivity index (χ2n) is 5.90. The SMILES string of the molecule is C=CCC1(Cc2cccc(Oc3ccccc3)c2)CCOC1=O. The third-order valence-corrected chi connectivity index (χ3v) is 4.20. The molecule has 3 nitrogen and oxygen atoms in total. The summed E-state index contributed by atoms with van der Waals surface area (Å²) in [4.78, 5) is 12.2. The van der Waals surface area contributed by atoms with E-state index >= 15 is 0 Å². The van der Waals surface area contributed by atoms with Crippen LogP contribution in [0.1, 0.15) is 18.4 Å². The van der Waals surface area contributed by atoms with E-state index in [2.05, 4.69) is 6.58 Å². The number of carbonyl (C=O) groups excluding carboxylic acids is 1. The van der Waals surface area contributed by atoms with Crippen molar-refractivity contribution in [2.45, 2.75) is 19.3 Å². The van der Waals surface area contributed by atoms with Crippen LogP contribution >= 0.6 is 0 Å². The standard InChI is InChI=1S/C20H20O3/c1-2-11-20(12-13-22-19(20)21)15-16-7-6-10-18(14-16)23-17-8-4-3-5-9-17/h2-10,14H,1,11-13,15H2. The van der Waals surface area contributed by atoms with Crippen molar-refractivity contribution in [3.8, 4) is 11.5 Å². The molecule has 1 aliphatic rings. The fourth-order valence-corrected chi connectivity index (χ4v) is 3.02. The average Bonchev–Trinajstić information content (AvgIpc) is 2.90. The lowest BCUT2D eigenvalue weighted by Crippen LogP contribution is -2.28. The molecule has 0 N–H and O–H groups in total. The van der Waals surface area contributed by atoms with Gasteiger partial charge < -0.3 is 9.47 Å². The minimum atomic E-state index is -0.479. The quantitative estimate of drug-likeness (QED) is 0.581. The van der Waals surface area contributed by atoms with Crippen molar-refractivity contribution in [2.24, 2.45) is 5.41 Å². The number of allylic oxidation sites excluding steroid dienone is 1. The highest BCUT2D eigenvalue weighted by Crippen LogP contribution is 2.38. The molecule has 0 aliphatic carbocycles. The van der Waals surface area contributed by atoms with E-state index in [9.17, 15) is 4.79 Å². The second-order valence-corrected chi connectivity index (χ2v) is 5.90. The van der Waals surface area contributed by atoms with E-state index < -0.39 is 5.41 Å². The molecule has 0 spiro atoms. The highest BCUT2D eigenvalue weighted by Gasteiger charge is 2.43. The van der Waals surface area contributed by atoms with Crippen LogP contribution in [0, 0.1) is 5.41 Å². The highest BCUT2D eigenvalue weighted by atomic mass is 16.5. The first kappa shape index (κ1) is 15.3. The zero-order valence-electron chi connectivity index (χ0n) is 13.0. The van der Waals surface area contributed by atoms with Gasteiger partial charge in [-0.3, -0.25) is 4.79 Å². The van der Waals surface area contributed by atoms with E-state index in [1.807, 2.05) is 54.6 Å². The van der Waals surface area contributed by atoms with Gasteiger partial charge in [0.2, 0.25) is 0 Å². The molecular formula is C20H20O3. The topological polar surface area (TPSA) is 35.5 Å². The van der Waals surface area contributed by atoms with E-state index in [0.717, 1.165) is 23.5 Å². The van der Waals surface area contributed by atoms with Crippen LogP contribution in [-0.4, -0.2) is 12.6 Å². The Morgan fingerprint density at radius 1 is 1.13 bits per heavy atom. The maximum Gasteiger partial charge on any atom is 0.312 e. The summed E-state index contributed by atoms with van der Waals surface area (Å²) in [5.41, 5.74) is 0.590. The molecule has 1 fully saturated rings. The second kappa shape index (κ2) is 6.69. The molecule has 1 atom stereocenters. The Morgan fingerprint density at radius 3 is 2.61 bits per heavy atom. The van der Waals surface area contributed by atoms with Crippen LogP contribution in [0.2, 0.25) is 0 Å². The van der Waals surface area contributed by atoms with E-state index in [1.54, 1.807) is 6.08 Å². The fraction of sp³-hybridized carbons (Fsp3) is 0.250. The predicted molar refractivity (Wildman–Crippen MR) is 89.5 cm³/mol. The molecule has 1 saturated heterocycles. The molecule has 0 amide bonds. The summed E-state index contributed by atoms with van der Waals surface area (Å²) in [5.74, 6) is 1.45. The summed E-state index contributed by atoms with van der Waals surface area (Å²) in [7, 11) is 0. The first-order chi connectivity index (χ1) is 11.2. The number of cyclic esters (lactones) is 1. The maximum absolute atomic E-state index is 12.2. The zero-order chi connectivity index (χ0) is 16.1. The Kier molecular flexibility index (Phi) is 4.47. The van der Waals surface area contributed by atoms with Crippen LogP contribution in [-0.2, 0) is 16.0 Å². The van der Waals surface area contributed by atoms with Crippen LogP contribution in [0.5, 0.6) is 11.5 Å². The van der Waals surface area contributed by atoms with Gasteiger partial charge in [0.1, 0.15) is 11.5 Å². The van der Waals surface area contributed by atoms with Crippen molar-refractivity contribution in [2.75, 3.05) is 6.61 Å². The number of ether oxygens (including phenoxy) is 2. The van der Waals surface area contributed by atoms with Crippen LogP contribution in [0.3, 0.4) is 0 Å². The summed E-state index contributed by atoms with van der Waals surface area (Å²) < 4.78 is 11.1. The lowest BCUT2D eigenvalue weighted by atomic mass is 9.77. The van der Waals surface area contributed by atoms with Crippen molar-refractivity contribution in [1.29, 1.82) is 0 Å². The van der Waals surface area contributed by atoms with Crippen LogP contribution in [0.25, 0.3) is 0 Å². The van der Waals surface area contributed by atoms with Crippen molar-refractivity contribution in [3.05, 3.63) is 72.8 Å². The molecule has 3 heteroatoms. The molecule has 1 unspecified atom stereocenters.